The number of hydrogen-bond donors (Lipinski definition) is 2. The molecule has 1 rings (SSSR count). The van der Waals surface area contributed by atoms with Gasteiger partial charge >= 0.3 is 18.2 Å². The Labute approximate surface area is 105 Å². The minimum absolute atomic E-state index is 0.0829. The van der Waals surface area contributed by atoms with Crippen molar-refractivity contribution >= 4 is 12.1 Å². The number of alkyl halides is 3. The number of ether oxygens (including phenoxy) is 1. The number of halogens is 3. The molecule has 0 saturated carbocycles. The molecule has 6 nitrogen and oxygen atoms in total. The van der Waals surface area contributed by atoms with Crippen LogP contribution in [0, 0.1) is 6.92 Å². The number of nitrogens with one attached hydrogen (secondary N) is 1. The molecule has 0 bridgehead atoms. The number of aryl methyl sites for hydroxylation is 1. The van der Waals surface area contributed by atoms with Gasteiger partial charge in [-0.1, -0.05) is 0 Å². The molecule has 1 aromatic heterocycles. The summed E-state index contributed by atoms with van der Waals surface area (Å²) in [6.45, 7) is -0.559. The summed E-state index contributed by atoms with van der Waals surface area (Å²) in [6, 6.07) is 1.17. The van der Waals surface area contributed by atoms with Crippen LogP contribution in [0.25, 0.3) is 0 Å². The van der Waals surface area contributed by atoms with E-state index in [0.717, 1.165) is 0 Å². The molecule has 2 N–H and O–H groups in total. The summed E-state index contributed by atoms with van der Waals surface area (Å²) in [5, 5.41) is 10.7. The zero-order valence-corrected chi connectivity index (χ0v) is 9.71. The Balaban J connectivity index is 2.47. The van der Waals surface area contributed by atoms with Gasteiger partial charge in [-0.2, -0.15) is 13.2 Å². The lowest BCUT2D eigenvalue weighted by molar-refractivity contribution is -0.160. The second kappa shape index (κ2) is 5.63. The Morgan fingerprint density at radius 2 is 2.11 bits per heavy atom. The highest BCUT2D eigenvalue weighted by Gasteiger charge is 2.29. The van der Waals surface area contributed by atoms with Gasteiger partial charge in [-0.25, -0.2) is 9.59 Å². The third-order valence-corrected chi connectivity index (χ3v) is 1.97. The Kier molecular flexibility index (Phi) is 4.41. The van der Waals surface area contributed by atoms with Gasteiger partial charge in [0.05, 0.1) is 6.54 Å². The van der Waals surface area contributed by atoms with E-state index >= 15 is 0 Å². The molecule has 1 heterocycles. The van der Waals surface area contributed by atoms with E-state index in [-0.39, 0.29) is 23.6 Å². The number of aromatic carboxylic acids is 1. The van der Waals surface area contributed by atoms with E-state index in [0.29, 0.717) is 0 Å². The number of furan rings is 1. The zero-order chi connectivity index (χ0) is 14.6. The first-order valence-electron chi connectivity index (χ1n) is 4.99. The monoisotopic (exact) mass is 281 g/mol. The van der Waals surface area contributed by atoms with E-state index in [9.17, 15) is 22.8 Å². The van der Waals surface area contributed by atoms with Gasteiger partial charge in [-0.05, 0) is 13.0 Å². The molecule has 0 spiro atoms. The maximum Gasteiger partial charge on any atom is 0.422 e. The Bertz CT molecular complexity index is 480. The molecule has 9 heteroatoms. The summed E-state index contributed by atoms with van der Waals surface area (Å²) in [7, 11) is 0. The minimum Gasteiger partial charge on any atom is -0.478 e. The number of alkyl carbamates (subject to hydrolysis) is 1. The van der Waals surface area contributed by atoms with Crippen molar-refractivity contribution in [3.05, 3.63) is 23.2 Å². The molecule has 106 valence electrons. The van der Waals surface area contributed by atoms with Crippen molar-refractivity contribution in [2.24, 2.45) is 0 Å². The first-order chi connectivity index (χ1) is 8.69. The third kappa shape index (κ3) is 4.90. The average Bonchev–Trinajstić information content (AvgIpc) is 2.64. The SMILES string of the molecule is Cc1oc(CNC(=O)OCC(F)(F)F)cc1C(=O)O. The number of carboxylic acids is 1. The van der Waals surface area contributed by atoms with E-state index < -0.39 is 24.8 Å². The highest BCUT2D eigenvalue weighted by Crippen LogP contribution is 2.15. The lowest BCUT2D eigenvalue weighted by Crippen LogP contribution is -2.28. The van der Waals surface area contributed by atoms with Gasteiger partial charge < -0.3 is 19.6 Å². The first-order valence-corrected chi connectivity index (χ1v) is 4.99. The number of carbonyl (C=O) groups is 2. The number of carbonyl (C=O) groups excluding carboxylic acids is 1. The number of hydrogen-bond acceptors (Lipinski definition) is 4. The molecule has 0 aliphatic rings. The topological polar surface area (TPSA) is 88.8 Å². The van der Waals surface area contributed by atoms with Crippen molar-refractivity contribution in [1.29, 1.82) is 0 Å². The molecule has 0 saturated heterocycles. The second-order valence-electron chi connectivity index (χ2n) is 3.53. The molecule has 19 heavy (non-hydrogen) atoms. The number of amides is 1. The molecule has 1 aromatic rings. The third-order valence-electron chi connectivity index (χ3n) is 1.97. The van der Waals surface area contributed by atoms with Crippen LogP contribution < -0.4 is 5.32 Å². The van der Waals surface area contributed by atoms with E-state index in [1.165, 1.54) is 13.0 Å². The summed E-state index contributed by atoms with van der Waals surface area (Å²) in [6.07, 6.45) is -5.88. The number of rotatable bonds is 4. The lowest BCUT2D eigenvalue weighted by Gasteiger charge is -2.08. The highest BCUT2D eigenvalue weighted by atomic mass is 19.4. The maximum atomic E-state index is 11.7. The summed E-state index contributed by atoms with van der Waals surface area (Å²) in [5.41, 5.74) is -0.0829. The molecule has 0 radical (unpaired) electrons. The average molecular weight is 281 g/mol. The van der Waals surface area contributed by atoms with Crippen molar-refractivity contribution in [3.8, 4) is 0 Å². The van der Waals surface area contributed by atoms with Crippen molar-refractivity contribution in [2.45, 2.75) is 19.6 Å². The van der Waals surface area contributed by atoms with Gasteiger partial charge in [0.1, 0.15) is 17.1 Å². The van der Waals surface area contributed by atoms with Crippen LogP contribution in [0.5, 0.6) is 0 Å². The fraction of sp³-hybridized carbons (Fsp3) is 0.400. The van der Waals surface area contributed by atoms with Gasteiger partial charge in [-0.15, -0.1) is 0 Å². The molecule has 0 atom stereocenters. The molecule has 0 fully saturated rings. The lowest BCUT2D eigenvalue weighted by atomic mass is 10.2. The predicted molar refractivity (Wildman–Crippen MR) is 54.6 cm³/mol. The maximum absolute atomic E-state index is 11.7. The second-order valence-corrected chi connectivity index (χ2v) is 3.53. The fourth-order valence-electron chi connectivity index (χ4n) is 1.20. The van der Waals surface area contributed by atoms with Crippen LogP contribution in [0.2, 0.25) is 0 Å². The summed E-state index contributed by atoms with van der Waals surface area (Å²) < 4.78 is 44.1. The Morgan fingerprint density at radius 3 is 2.58 bits per heavy atom. The molecule has 0 aliphatic heterocycles. The molecule has 1 amide bonds. The minimum atomic E-state index is -4.60. The van der Waals surface area contributed by atoms with Gasteiger partial charge in [0.15, 0.2) is 6.61 Å². The standard InChI is InChI=1S/C10H10F3NO5/c1-5-7(8(15)16)2-6(19-5)3-14-9(17)18-4-10(11,12)13/h2H,3-4H2,1H3,(H,14,17)(H,15,16). The van der Waals surface area contributed by atoms with Crippen LogP contribution in [0.15, 0.2) is 10.5 Å². The highest BCUT2D eigenvalue weighted by molar-refractivity contribution is 5.88. The van der Waals surface area contributed by atoms with E-state index in [1.807, 2.05) is 5.32 Å². The summed E-state index contributed by atoms with van der Waals surface area (Å²) in [4.78, 5) is 21.6. The number of carboxylic acid groups (broad SMARTS) is 1. The van der Waals surface area contributed by atoms with Crippen molar-refractivity contribution in [1.82, 2.24) is 5.32 Å². The van der Waals surface area contributed by atoms with Gasteiger partial charge in [0.2, 0.25) is 0 Å². The van der Waals surface area contributed by atoms with Crippen LogP contribution >= 0.6 is 0 Å². The summed E-state index contributed by atoms with van der Waals surface area (Å²) in [5.74, 6) is -0.973. The van der Waals surface area contributed by atoms with Crippen LogP contribution in [-0.2, 0) is 11.3 Å². The van der Waals surface area contributed by atoms with Crippen molar-refractivity contribution in [3.63, 3.8) is 0 Å². The zero-order valence-electron chi connectivity index (χ0n) is 9.71. The van der Waals surface area contributed by atoms with Crippen LogP contribution in [0.1, 0.15) is 21.9 Å². The smallest absolute Gasteiger partial charge is 0.422 e. The van der Waals surface area contributed by atoms with Crippen LogP contribution in [0.4, 0.5) is 18.0 Å². The molecule has 0 aliphatic carbocycles. The van der Waals surface area contributed by atoms with Crippen LogP contribution in [-0.4, -0.2) is 30.0 Å². The quantitative estimate of drug-likeness (QED) is 0.882. The predicted octanol–water partition coefficient (Wildman–Crippen LogP) is 2.07. The molecular weight excluding hydrogens is 271 g/mol. The normalized spacial score (nSPS) is 11.2. The largest absolute Gasteiger partial charge is 0.478 e. The Hall–Kier alpha value is -2.19. The van der Waals surface area contributed by atoms with Crippen molar-refractivity contribution in [2.75, 3.05) is 6.61 Å². The fourth-order valence-corrected chi connectivity index (χ4v) is 1.20. The summed E-state index contributed by atoms with van der Waals surface area (Å²) >= 11 is 0. The molecule has 0 unspecified atom stereocenters. The molecular formula is C10H10F3NO5. The molecule has 0 aromatic carbocycles. The van der Waals surface area contributed by atoms with Gasteiger partial charge in [0, 0.05) is 0 Å². The Morgan fingerprint density at radius 1 is 1.47 bits per heavy atom. The van der Waals surface area contributed by atoms with E-state index in [4.69, 9.17) is 9.52 Å². The van der Waals surface area contributed by atoms with Crippen LogP contribution in [0.3, 0.4) is 0 Å². The van der Waals surface area contributed by atoms with E-state index in [2.05, 4.69) is 4.74 Å². The first kappa shape index (κ1) is 14.9. The van der Waals surface area contributed by atoms with Gasteiger partial charge in [-0.3, -0.25) is 0 Å². The van der Waals surface area contributed by atoms with Gasteiger partial charge in [0.25, 0.3) is 0 Å². The van der Waals surface area contributed by atoms with Crippen molar-refractivity contribution < 1.29 is 37.0 Å². The van der Waals surface area contributed by atoms with E-state index in [1.54, 1.807) is 0 Å².